The molecule has 0 radical (unpaired) electrons. The molecule has 0 atom stereocenters. The van der Waals surface area contributed by atoms with Gasteiger partial charge in [-0.2, -0.15) is 0 Å². The van der Waals surface area contributed by atoms with Gasteiger partial charge in [0.1, 0.15) is 17.3 Å². The fourth-order valence-electron chi connectivity index (χ4n) is 3.17. The van der Waals surface area contributed by atoms with Gasteiger partial charge in [-0.25, -0.2) is 4.98 Å². The summed E-state index contributed by atoms with van der Waals surface area (Å²) in [7, 11) is 1.65. The van der Waals surface area contributed by atoms with E-state index in [4.69, 9.17) is 14.5 Å². The molecule has 2 aromatic carbocycles. The number of unbranched alkanes of at least 4 members (excludes halogenated alkanes) is 1. The number of ether oxygens (including phenoxy) is 2. The summed E-state index contributed by atoms with van der Waals surface area (Å²) in [6.07, 6.45) is 3.87. The van der Waals surface area contributed by atoms with Crippen LogP contribution < -0.4 is 14.8 Å². The van der Waals surface area contributed by atoms with Gasteiger partial charge < -0.3 is 19.4 Å². The van der Waals surface area contributed by atoms with E-state index in [0.29, 0.717) is 19.6 Å². The lowest BCUT2D eigenvalue weighted by molar-refractivity contribution is -0.116. The molecule has 0 aliphatic heterocycles. The van der Waals surface area contributed by atoms with Crippen LogP contribution in [0.5, 0.6) is 11.5 Å². The van der Waals surface area contributed by atoms with Crippen molar-refractivity contribution in [1.29, 1.82) is 0 Å². The number of hydrogen-bond acceptors (Lipinski definition) is 4. The Morgan fingerprint density at radius 1 is 1.14 bits per heavy atom. The van der Waals surface area contributed by atoms with Crippen molar-refractivity contribution in [2.45, 2.75) is 25.8 Å². The van der Waals surface area contributed by atoms with E-state index >= 15 is 0 Å². The monoisotopic (exact) mass is 393 g/mol. The predicted octanol–water partition coefficient (Wildman–Crippen LogP) is 3.75. The van der Waals surface area contributed by atoms with Crippen LogP contribution in [-0.2, 0) is 17.8 Å². The molecule has 1 N–H and O–H groups in total. The molecular weight excluding hydrogens is 366 g/mol. The summed E-state index contributed by atoms with van der Waals surface area (Å²) in [6, 6.07) is 15.7. The molecule has 6 heteroatoms. The largest absolute Gasteiger partial charge is 0.497 e. The molecule has 1 heterocycles. The van der Waals surface area contributed by atoms with Crippen LogP contribution in [0, 0.1) is 0 Å². The van der Waals surface area contributed by atoms with Crippen molar-refractivity contribution in [1.82, 2.24) is 14.9 Å². The van der Waals surface area contributed by atoms with Crippen LogP contribution in [0.15, 0.2) is 61.2 Å². The van der Waals surface area contributed by atoms with Gasteiger partial charge in [0.25, 0.3) is 0 Å². The first-order valence-corrected chi connectivity index (χ1v) is 9.82. The first-order valence-electron chi connectivity index (χ1n) is 9.82. The smallest absolute Gasteiger partial charge is 0.243 e. The van der Waals surface area contributed by atoms with Crippen molar-refractivity contribution in [3.63, 3.8) is 0 Å². The van der Waals surface area contributed by atoms with Gasteiger partial charge in [-0.15, -0.1) is 0 Å². The second-order valence-corrected chi connectivity index (χ2v) is 6.64. The summed E-state index contributed by atoms with van der Waals surface area (Å²) in [4.78, 5) is 16.1. The highest BCUT2D eigenvalue weighted by Gasteiger charge is 2.10. The molecule has 0 aliphatic carbocycles. The van der Waals surface area contributed by atoms with Crippen LogP contribution in [0.25, 0.3) is 11.0 Å². The Labute approximate surface area is 171 Å². The van der Waals surface area contributed by atoms with E-state index < -0.39 is 0 Å². The molecule has 0 saturated heterocycles. The molecule has 0 spiro atoms. The van der Waals surface area contributed by atoms with E-state index in [1.165, 1.54) is 6.08 Å². The highest BCUT2D eigenvalue weighted by atomic mass is 16.5. The molecular formula is C23H27N3O3. The Hall–Kier alpha value is -3.28. The van der Waals surface area contributed by atoms with Gasteiger partial charge in [-0.3, -0.25) is 4.79 Å². The van der Waals surface area contributed by atoms with Crippen molar-refractivity contribution in [2.75, 3.05) is 20.3 Å². The third-order valence-corrected chi connectivity index (χ3v) is 4.67. The second kappa shape index (κ2) is 10.3. The average molecular weight is 393 g/mol. The second-order valence-electron chi connectivity index (χ2n) is 6.64. The van der Waals surface area contributed by atoms with Crippen LogP contribution in [0.2, 0.25) is 0 Å². The number of nitrogens with zero attached hydrogens (tertiary/aromatic N) is 2. The molecule has 1 amide bonds. The minimum atomic E-state index is -0.164. The van der Waals surface area contributed by atoms with Crippen LogP contribution in [0.1, 0.15) is 18.7 Å². The standard InChI is InChI=1S/C23H27N3O3/c1-3-23(27)24-15-14-22-25-20-8-4-5-9-21(20)26(22)16-6-7-17-29-19-12-10-18(28-2)11-13-19/h3-5,8-13H,1,6-7,14-17H2,2H3,(H,24,27). The zero-order chi connectivity index (χ0) is 20.5. The number of amides is 1. The number of carbonyl (C=O) groups excluding carboxylic acids is 1. The van der Waals surface area contributed by atoms with E-state index in [0.717, 1.165) is 47.7 Å². The minimum absolute atomic E-state index is 0.164. The van der Waals surface area contributed by atoms with Crippen LogP contribution in [0.4, 0.5) is 0 Å². The summed E-state index contributed by atoms with van der Waals surface area (Å²) >= 11 is 0. The Morgan fingerprint density at radius 3 is 2.66 bits per heavy atom. The van der Waals surface area contributed by atoms with Gasteiger partial charge in [0, 0.05) is 19.5 Å². The van der Waals surface area contributed by atoms with E-state index in [1.54, 1.807) is 7.11 Å². The van der Waals surface area contributed by atoms with E-state index in [1.807, 2.05) is 42.5 Å². The maximum absolute atomic E-state index is 11.4. The van der Waals surface area contributed by atoms with Crippen molar-refractivity contribution >= 4 is 16.9 Å². The number of aromatic nitrogens is 2. The third kappa shape index (κ3) is 5.60. The van der Waals surface area contributed by atoms with Crippen LogP contribution in [0.3, 0.4) is 0 Å². The minimum Gasteiger partial charge on any atom is -0.497 e. The zero-order valence-corrected chi connectivity index (χ0v) is 16.8. The Morgan fingerprint density at radius 2 is 1.90 bits per heavy atom. The zero-order valence-electron chi connectivity index (χ0n) is 16.8. The van der Waals surface area contributed by atoms with E-state index in [-0.39, 0.29) is 5.91 Å². The Bertz CT molecular complexity index is 948. The number of fused-ring (bicyclic) bond motifs is 1. The number of methoxy groups -OCH3 is 1. The number of imidazole rings is 1. The van der Waals surface area contributed by atoms with Crippen molar-refractivity contribution in [3.8, 4) is 11.5 Å². The summed E-state index contributed by atoms with van der Waals surface area (Å²) in [6.45, 7) is 5.53. The Kier molecular flexibility index (Phi) is 7.28. The first kappa shape index (κ1) is 20.5. The molecule has 0 unspecified atom stereocenters. The highest BCUT2D eigenvalue weighted by Crippen LogP contribution is 2.19. The predicted molar refractivity (Wildman–Crippen MR) is 114 cm³/mol. The molecule has 152 valence electrons. The first-order chi connectivity index (χ1) is 14.2. The van der Waals surface area contributed by atoms with Gasteiger partial charge in [0.05, 0.1) is 24.8 Å². The molecule has 3 rings (SSSR count). The van der Waals surface area contributed by atoms with Crippen molar-refractivity contribution < 1.29 is 14.3 Å². The number of carbonyl (C=O) groups is 1. The molecule has 0 aliphatic rings. The number of rotatable bonds is 11. The molecule has 0 bridgehead atoms. The summed E-state index contributed by atoms with van der Waals surface area (Å²) < 4.78 is 13.2. The van der Waals surface area contributed by atoms with Crippen molar-refractivity contribution in [3.05, 3.63) is 67.0 Å². The van der Waals surface area contributed by atoms with Gasteiger partial charge in [0.2, 0.25) is 5.91 Å². The summed E-state index contributed by atoms with van der Waals surface area (Å²) in [5, 5.41) is 2.82. The van der Waals surface area contributed by atoms with E-state index in [9.17, 15) is 4.79 Å². The molecule has 1 aromatic heterocycles. The molecule has 0 fully saturated rings. The number of para-hydroxylation sites is 2. The van der Waals surface area contributed by atoms with Gasteiger partial charge in [-0.1, -0.05) is 18.7 Å². The molecule has 0 saturated carbocycles. The molecule has 29 heavy (non-hydrogen) atoms. The number of benzene rings is 2. The third-order valence-electron chi connectivity index (χ3n) is 4.67. The quantitative estimate of drug-likeness (QED) is 0.398. The normalized spacial score (nSPS) is 10.7. The van der Waals surface area contributed by atoms with Crippen LogP contribution in [-0.4, -0.2) is 35.7 Å². The topological polar surface area (TPSA) is 65.4 Å². The summed E-state index contributed by atoms with van der Waals surface area (Å²) in [5.74, 6) is 2.48. The van der Waals surface area contributed by atoms with Gasteiger partial charge in [0.15, 0.2) is 0 Å². The average Bonchev–Trinajstić information content (AvgIpc) is 3.11. The van der Waals surface area contributed by atoms with Gasteiger partial charge in [-0.05, 0) is 55.3 Å². The molecule has 6 nitrogen and oxygen atoms in total. The van der Waals surface area contributed by atoms with Gasteiger partial charge >= 0.3 is 0 Å². The maximum atomic E-state index is 11.4. The fourth-order valence-corrected chi connectivity index (χ4v) is 3.17. The van der Waals surface area contributed by atoms with Crippen LogP contribution >= 0.6 is 0 Å². The Balaban J connectivity index is 1.54. The highest BCUT2D eigenvalue weighted by molar-refractivity contribution is 5.86. The summed E-state index contributed by atoms with van der Waals surface area (Å²) in [5.41, 5.74) is 2.10. The number of nitrogens with one attached hydrogen (secondary N) is 1. The lowest BCUT2D eigenvalue weighted by Crippen LogP contribution is -2.24. The molecule has 3 aromatic rings. The SMILES string of the molecule is C=CC(=O)NCCc1nc2ccccc2n1CCCCOc1ccc(OC)cc1. The van der Waals surface area contributed by atoms with E-state index in [2.05, 4.69) is 22.5 Å². The van der Waals surface area contributed by atoms with Crippen molar-refractivity contribution in [2.24, 2.45) is 0 Å². The lowest BCUT2D eigenvalue weighted by atomic mass is 10.2. The number of aryl methyl sites for hydroxylation is 1. The lowest BCUT2D eigenvalue weighted by Gasteiger charge is -2.11. The maximum Gasteiger partial charge on any atom is 0.243 e. The fraction of sp³-hybridized carbons (Fsp3) is 0.304. The number of hydrogen-bond donors (Lipinski definition) is 1.